The average molecular weight is 265 g/mol. The highest BCUT2D eigenvalue weighted by Gasteiger charge is 2.30. The normalized spacial score (nSPS) is 16.4. The number of hydrogen-bond donors (Lipinski definition) is 1. The smallest absolute Gasteiger partial charge is 0.123 e. The van der Waals surface area contributed by atoms with E-state index in [1.54, 1.807) is 7.11 Å². The van der Waals surface area contributed by atoms with Gasteiger partial charge in [-0.3, -0.25) is 0 Å². The summed E-state index contributed by atoms with van der Waals surface area (Å²) in [7, 11) is 3.66. The van der Waals surface area contributed by atoms with Crippen LogP contribution in [0.5, 0.6) is 11.5 Å². The maximum Gasteiger partial charge on any atom is 0.123 e. The van der Waals surface area contributed by atoms with Gasteiger partial charge >= 0.3 is 0 Å². The molecule has 4 nitrogen and oxygen atoms in total. The van der Waals surface area contributed by atoms with E-state index in [0.29, 0.717) is 12.5 Å². The lowest BCUT2D eigenvalue weighted by Gasteiger charge is -2.20. The number of nitrogens with zero attached hydrogens (tertiary/aromatic N) is 1. The molecule has 0 aromatic heterocycles. The van der Waals surface area contributed by atoms with Crippen molar-refractivity contribution >= 4 is 0 Å². The van der Waals surface area contributed by atoms with E-state index in [2.05, 4.69) is 4.90 Å². The first-order chi connectivity index (χ1) is 9.19. The predicted molar refractivity (Wildman–Crippen MR) is 74.7 cm³/mol. The van der Waals surface area contributed by atoms with Crippen LogP contribution in [0.15, 0.2) is 24.3 Å². The zero-order valence-corrected chi connectivity index (χ0v) is 11.7. The Morgan fingerprint density at radius 2 is 2.11 bits per heavy atom. The molecule has 1 saturated carbocycles. The van der Waals surface area contributed by atoms with Gasteiger partial charge in [-0.1, -0.05) is 6.07 Å². The van der Waals surface area contributed by atoms with Crippen LogP contribution >= 0.6 is 0 Å². The molecule has 1 unspecified atom stereocenters. The van der Waals surface area contributed by atoms with Gasteiger partial charge in [-0.2, -0.15) is 0 Å². The molecule has 1 atom stereocenters. The summed E-state index contributed by atoms with van der Waals surface area (Å²) in [6, 6.07) is 7.60. The number of aliphatic hydroxyl groups is 1. The van der Waals surface area contributed by atoms with Gasteiger partial charge in [0.1, 0.15) is 18.1 Å². The molecule has 106 valence electrons. The molecule has 1 fully saturated rings. The molecule has 1 aromatic rings. The number of ether oxygens (including phenoxy) is 2. The Labute approximate surface area is 114 Å². The minimum absolute atomic E-state index is 0.179. The Bertz CT molecular complexity index is 393. The van der Waals surface area contributed by atoms with Crippen molar-refractivity contribution < 1.29 is 14.6 Å². The summed E-state index contributed by atoms with van der Waals surface area (Å²) in [6.07, 6.45) is 2.17. The molecule has 2 rings (SSSR count). The highest BCUT2D eigenvalue weighted by Crippen LogP contribution is 2.32. The van der Waals surface area contributed by atoms with E-state index >= 15 is 0 Å². The van der Waals surface area contributed by atoms with E-state index in [-0.39, 0.29) is 6.10 Å². The first-order valence-electron chi connectivity index (χ1n) is 6.82. The molecule has 1 aliphatic carbocycles. The van der Waals surface area contributed by atoms with E-state index in [9.17, 15) is 5.11 Å². The number of rotatable bonds is 8. The van der Waals surface area contributed by atoms with Crippen molar-refractivity contribution in [3.05, 3.63) is 24.3 Å². The second-order valence-electron chi connectivity index (χ2n) is 5.19. The maximum absolute atomic E-state index is 9.85. The highest BCUT2D eigenvalue weighted by molar-refractivity contribution is 5.32. The van der Waals surface area contributed by atoms with Crippen molar-refractivity contribution in [2.24, 2.45) is 5.92 Å². The molecule has 1 aromatic carbocycles. The van der Waals surface area contributed by atoms with Crippen molar-refractivity contribution in [3.63, 3.8) is 0 Å². The second-order valence-corrected chi connectivity index (χ2v) is 5.19. The van der Waals surface area contributed by atoms with Gasteiger partial charge < -0.3 is 19.5 Å². The zero-order chi connectivity index (χ0) is 13.7. The van der Waals surface area contributed by atoms with Crippen LogP contribution in [-0.4, -0.2) is 50.0 Å². The van der Waals surface area contributed by atoms with E-state index in [1.807, 2.05) is 31.3 Å². The SMILES string of the molecule is COc1cccc(OCCN(C)CC(O)C2CC2)c1. The van der Waals surface area contributed by atoms with Gasteiger partial charge in [0.15, 0.2) is 0 Å². The molecular weight excluding hydrogens is 242 g/mol. The van der Waals surface area contributed by atoms with Gasteiger partial charge in [-0.05, 0) is 37.9 Å². The van der Waals surface area contributed by atoms with Crippen molar-refractivity contribution in [2.45, 2.75) is 18.9 Å². The Morgan fingerprint density at radius 3 is 2.79 bits per heavy atom. The minimum Gasteiger partial charge on any atom is -0.497 e. The van der Waals surface area contributed by atoms with Crippen molar-refractivity contribution in [3.8, 4) is 11.5 Å². The molecule has 0 heterocycles. The third kappa shape index (κ3) is 4.73. The number of methoxy groups -OCH3 is 1. The third-order valence-corrected chi connectivity index (χ3v) is 3.45. The summed E-state index contributed by atoms with van der Waals surface area (Å²) < 4.78 is 10.8. The van der Waals surface area contributed by atoms with Crippen LogP contribution in [0, 0.1) is 5.92 Å². The Kier molecular flexibility index (Phi) is 5.05. The average Bonchev–Trinajstić information content (AvgIpc) is 3.23. The Morgan fingerprint density at radius 1 is 1.37 bits per heavy atom. The van der Waals surface area contributed by atoms with Gasteiger partial charge in [0, 0.05) is 19.2 Å². The summed E-state index contributed by atoms with van der Waals surface area (Å²) >= 11 is 0. The van der Waals surface area contributed by atoms with Crippen LogP contribution in [0.25, 0.3) is 0 Å². The standard InChI is InChI=1S/C15H23NO3/c1-16(11-15(17)12-6-7-12)8-9-19-14-5-3-4-13(10-14)18-2/h3-5,10,12,15,17H,6-9,11H2,1-2H3. The van der Waals surface area contributed by atoms with Crippen LogP contribution in [-0.2, 0) is 0 Å². The topological polar surface area (TPSA) is 41.9 Å². The number of hydrogen-bond acceptors (Lipinski definition) is 4. The molecule has 19 heavy (non-hydrogen) atoms. The highest BCUT2D eigenvalue weighted by atomic mass is 16.5. The summed E-state index contributed by atoms with van der Waals surface area (Å²) in [5.74, 6) is 2.15. The summed E-state index contributed by atoms with van der Waals surface area (Å²) in [6.45, 7) is 2.15. The molecule has 0 bridgehead atoms. The largest absolute Gasteiger partial charge is 0.497 e. The maximum atomic E-state index is 9.85. The number of likely N-dealkylation sites (N-methyl/N-ethyl adjacent to an activating group) is 1. The van der Waals surface area contributed by atoms with Gasteiger partial charge in [-0.15, -0.1) is 0 Å². The molecule has 1 N–H and O–H groups in total. The number of benzene rings is 1. The molecule has 4 heteroatoms. The fraction of sp³-hybridized carbons (Fsp3) is 0.600. The molecule has 1 aliphatic rings. The van der Waals surface area contributed by atoms with Crippen molar-refractivity contribution in [1.82, 2.24) is 4.90 Å². The molecular formula is C15H23NO3. The first-order valence-corrected chi connectivity index (χ1v) is 6.82. The summed E-state index contributed by atoms with van der Waals surface area (Å²) in [4.78, 5) is 2.11. The Balaban J connectivity index is 1.67. The quantitative estimate of drug-likeness (QED) is 0.778. The second kappa shape index (κ2) is 6.78. The lowest BCUT2D eigenvalue weighted by molar-refractivity contribution is 0.0998. The van der Waals surface area contributed by atoms with Crippen LogP contribution in [0.3, 0.4) is 0 Å². The van der Waals surface area contributed by atoms with Gasteiger partial charge in [0.25, 0.3) is 0 Å². The predicted octanol–water partition coefficient (Wildman–Crippen LogP) is 1.78. The fourth-order valence-electron chi connectivity index (χ4n) is 2.05. The van der Waals surface area contributed by atoms with Crippen LogP contribution in [0.4, 0.5) is 0 Å². The van der Waals surface area contributed by atoms with E-state index in [4.69, 9.17) is 9.47 Å². The monoisotopic (exact) mass is 265 g/mol. The van der Waals surface area contributed by atoms with Crippen molar-refractivity contribution in [2.75, 3.05) is 33.9 Å². The lowest BCUT2D eigenvalue weighted by Crippen LogP contribution is -2.33. The molecule has 0 saturated heterocycles. The van der Waals surface area contributed by atoms with Crippen LogP contribution in [0.2, 0.25) is 0 Å². The molecule has 0 aliphatic heterocycles. The Hall–Kier alpha value is -1.26. The summed E-state index contributed by atoms with van der Waals surface area (Å²) in [5, 5.41) is 9.85. The fourth-order valence-corrected chi connectivity index (χ4v) is 2.05. The molecule has 0 radical (unpaired) electrons. The first kappa shape index (κ1) is 14.2. The van der Waals surface area contributed by atoms with Crippen LogP contribution < -0.4 is 9.47 Å². The van der Waals surface area contributed by atoms with Gasteiger partial charge in [0.2, 0.25) is 0 Å². The van der Waals surface area contributed by atoms with Crippen molar-refractivity contribution in [1.29, 1.82) is 0 Å². The molecule has 0 spiro atoms. The number of aliphatic hydroxyl groups excluding tert-OH is 1. The van der Waals surface area contributed by atoms with Gasteiger partial charge in [0.05, 0.1) is 13.2 Å². The third-order valence-electron chi connectivity index (χ3n) is 3.45. The minimum atomic E-state index is -0.179. The van der Waals surface area contributed by atoms with E-state index in [1.165, 1.54) is 12.8 Å². The lowest BCUT2D eigenvalue weighted by atomic mass is 10.2. The van der Waals surface area contributed by atoms with E-state index < -0.39 is 0 Å². The van der Waals surface area contributed by atoms with Gasteiger partial charge in [-0.25, -0.2) is 0 Å². The zero-order valence-electron chi connectivity index (χ0n) is 11.7. The summed E-state index contributed by atoms with van der Waals surface area (Å²) in [5.41, 5.74) is 0. The van der Waals surface area contributed by atoms with Crippen LogP contribution in [0.1, 0.15) is 12.8 Å². The van der Waals surface area contributed by atoms with E-state index in [0.717, 1.165) is 24.6 Å². The molecule has 0 amide bonds.